The molecule has 2 aromatic carbocycles. The van der Waals surface area contributed by atoms with Crippen LogP contribution >= 0.6 is 0 Å². The van der Waals surface area contributed by atoms with Gasteiger partial charge >= 0.3 is 0 Å². The largest absolute Gasteiger partial charge is 0.334 e. The molecule has 7 nitrogen and oxygen atoms in total. The SMILES string of the molecule is Cn1ccnc1-c1cc(F)cc(C(=O)Nc2ccc(-c3nncn3C)cc2)c1. The number of carbonyl (C=O) groups is 1. The fourth-order valence-electron chi connectivity index (χ4n) is 2.94. The van der Waals surface area contributed by atoms with Gasteiger partial charge in [0.15, 0.2) is 5.82 Å². The van der Waals surface area contributed by atoms with Crippen molar-refractivity contribution in [3.05, 3.63) is 72.6 Å². The Morgan fingerprint density at radius 1 is 1.00 bits per heavy atom. The van der Waals surface area contributed by atoms with Gasteiger partial charge in [0.2, 0.25) is 0 Å². The molecule has 0 fully saturated rings. The van der Waals surface area contributed by atoms with Crippen molar-refractivity contribution in [3.8, 4) is 22.8 Å². The summed E-state index contributed by atoms with van der Waals surface area (Å²) in [4.78, 5) is 16.8. The topological polar surface area (TPSA) is 77.6 Å². The minimum absolute atomic E-state index is 0.218. The Hall–Kier alpha value is -3.81. The van der Waals surface area contributed by atoms with Crippen LogP contribution in [0.5, 0.6) is 0 Å². The molecule has 1 amide bonds. The van der Waals surface area contributed by atoms with Gasteiger partial charge in [0.1, 0.15) is 18.0 Å². The second-order valence-corrected chi connectivity index (χ2v) is 6.39. The average Bonchev–Trinajstić information content (AvgIpc) is 3.30. The monoisotopic (exact) mass is 376 g/mol. The fourth-order valence-corrected chi connectivity index (χ4v) is 2.94. The predicted molar refractivity (Wildman–Crippen MR) is 103 cm³/mol. The molecule has 28 heavy (non-hydrogen) atoms. The maximum Gasteiger partial charge on any atom is 0.255 e. The maximum atomic E-state index is 14.1. The Kier molecular flexibility index (Phi) is 4.44. The number of rotatable bonds is 4. The number of carbonyl (C=O) groups excluding carboxylic acids is 1. The summed E-state index contributed by atoms with van der Waals surface area (Å²) in [5.74, 6) is 0.411. The molecule has 0 saturated carbocycles. The van der Waals surface area contributed by atoms with Gasteiger partial charge in [0.25, 0.3) is 5.91 Å². The summed E-state index contributed by atoms with van der Waals surface area (Å²) in [7, 11) is 3.67. The molecule has 0 saturated heterocycles. The van der Waals surface area contributed by atoms with Gasteiger partial charge < -0.3 is 14.5 Å². The molecule has 0 aliphatic carbocycles. The third kappa shape index (κ3) is 3.39. The number of benzene rings is 2. The molecule has 8 heteroatoms. The summed E-state index contributed by atoms with van der Waals surface area (Å²) in [6.45, 7) is 0. The molecule has 4 aromatic rings. The molecule has 1 N–H and O–H groups in total. The number of halogens is 1. The number of anilines is 1. The van der Waals surface area contributed by atoms with Crippen molar-refractivity contribution in [3.63, 3.8) is 0 Å². The standard InChI is InChI=1S/C20H17FN6O/c1-26-8-7-22-18(26)14-9-15(11-16(21)10-14)20(28)24-17-5-3-13(4-6-17)19-25-23-12-27(19)2/h3-12H,1-2H3,(H,24,28). The Morgan fingerprint density at radius 3 is 2.43 bits per heavy atom. The van der Waals surface area contributed by atoms with Crippen LogP contribution in [0.4, 0.5) is 10.1 Å². The molecule has 140 valence electrons. The number of imidazole rings is 1. The molecule has 0 aliphatic heterocycles. The first kappa shape index (κ1) is 17.6. The quantitative estimate of drug-likeness (QED) is 0.593. The van der Waals surface area contributed by atoms with Crippen molar-refractivity contribution in [2.75, 3.05) is 5.32 Å². The molecular formula is C20H17FN6O. The lowest BCUT2D eigenvalue weighted by molar-refractivity contribution is 0.102. The smallest absolute Gasteiger partial charge is 0.255 e. The van der Waals surface area contributed by atoms with Gasteiger partial charge in [-0.25, -0.2) is 9.37 Å². The van der Waals surface area contributed by atoms with Crippen LogP contribution < -0.4 is 5.32 Å². The highest BCUT2D eigenvalue weighted by Crippen LogP contribution is 2.22. The highest BCUT2D eigenvalue weighted by molar-refractivity contribution is 6.05. The Bertz CT molecular complexity index is 1150. The number of aromatic nitrogens is 5. The fraction of sp³-hybridized carbons (Fsp3) is 0.100. The molecule has 2 heterocycles. The summed E-state index contributed by atoms with van der Waals surface area (Å²) in [6, 6.07) is 11.4. The molecule has 0 spiro atoms. The van der Waals surface area contributed by atoms with Crippen molar-refractivity contribution in [1.29, 1.82) is 0 Å². The number of nitrogens with one attached hydrogen (secondary N) is 1. The summed E-state index contributed by atoms with van der Waals surface area (Å²) < 4.78 is 17.6. The lowest BCUT2D eigenvalue weighted by Gasteiger charge is -2.09. The zero-order valence-electron chi connectivity index (χ0n) is 15.3. The molecule has 0 radical (unpaired) electrons. The summed E-state index contributed by atoms with van der Waals surface area (Å²) >= 11 is 0. The van der Waals surface area contributed by atoms with Crippen molar-refractivity contribution in [2.45, 2.75) is 0 Å². The lowest BCUT2D eigenvalue weighted by atomic mass is 10.1. The molecular weight excluding hydrogens is 359 g/mol. The maximum absolute atomic E-state index is 14.1. The van der Waals surface area contributed by atoms with Gasteiger partial charge in [-0.3, -0.25) is 4.79 Å². The highest BCUT2D eigenvalue weighted by Gasteiger charge is 2.13. The first-order valence-corrected chi connectivity index (χ1v) is 8.55. The number of hydrogen-bond donors (Lipinski definition) is 1. The zero-order chi connectivity index (χ0) is 19.7. The van der Waals surface area contributed by atoms with Crippen molar-refractivity contribution in [1.82, 2.24) is 24.3 Å². The van der Waals surface area contributed by atoms with Crippen molar-refractivity contribution < 1.29 is 9.18 Å². The van der Waals surface area contributed by atoms with E-state index in [9.17, 15) is 9.18 Å². The Morgan fingerprint density at radius 2 is 1.79 bits per heavy atom. The van der Waals surface area contributed by atoms with Gasteiger partial charge in [-0.1, -0.05) is 0 Å². The molecule has 2 aromatic heterocycles. The number of aryl methyl sites for hydroxylation is 2. The van der Waals surface area contributed by atoms with E-state index in [0.29, 0.717) is 17.1 Å². The molecule has 0 unspecified atom stereocenters. The van der Waals surface area contributed by atoms with Crippen LogP contribution in [-0.4, -0.2) is 30.2 Å². The van der Waals surface area contributed by atoms with Crippen LogP contribution in [0.3, 0.4) is 0 Å². The number of hydrogen-bond acceptors (Lipinski definition) is 4. The highest BCUT2D eigenvalue weighted by atomic mass is 19.1. The third-order valence-electron chi connectivity index (χ3n) is 4.35. The van der Waals surface area contributed by atoms with Crippen molar-refractivity contribution in [2.24, 2.45) is 14.1 Å². The van der Waals surface area contributed by atoms with E-state index in [1.165, 1.54) is 12.1 Å². The van der Waals surface area contributed by atoms with E-state index in [4.69, 9.17) is 0 Å². The second kappa shape index (κ2) is 7.07. The van der Waals surface area contributed by atoms with Crippen molar-refractivity contribution >= 4 is 11.6 Å². The van der Waals surface area contributed by atoms with Gasteiger partial charge in [-0.05, 0) is 42.5 Å². The van der Waals surface area contributed by atoms with E-state index < -0.39 is 11.7 Å². The van der Waals surface area contributed by atoms with Crippen LogP contribution in [-0.2, 0) is 14.1 Å². The van der Waals surface area contributed by atoms with E-state index in [1.54, 1.807) is 46.1 Å². The minimum Gasteiger partial charge on any atom is -0.334 e. The van der Waals surface area contributed by atoms with E-state index in [0.717, 1.165) is 11.4 Å². The number of amides is 1. The summed E-state index contributed by atoms with van der Waals surface area (Å²) in [6.07, 6.45) is 5.01. The normalized spacial score (nSPS) is 10.8. The van der Waals surface area contributed by atoms with Crippen LogP contribution in [0, 0.1) is 5.82 Å². The van der Waals surface area contributed by atoms with Gasteiger partial charge in [0.05, 0.1) is 0 Å². The molecule has 4 rings (SSSR count). The summed E-state index contributed by atoms with van der Waals surface area (Å²) in [5, 5.41) is 10.7. The van der Waals surface area contributed by atoms with Crippen LogP contribution in [0.1, 0.15) is 10.4 Å². The van der Waals surface area contributed by atoms with E-state index in [2.05, 4.69) is 20.5 Å². The van der Waals surface area contributed by atoms with E-state index >= 15 is 0 Å². The average molecular weight is 376 g/mol. The van der Waals surface area contributed by atoms with Crippen LogP contribution in [0.2, 0.25) is 0 Å². The summed E-state index contributed by atoms with van der Waals surface area (Å²) in [5.41, 5.74) is 2.23. The second-order valence-electron chi connectivity index (χ2n) is 6.39. The molecule has 0 atom stereocenters. The van der Waals surface area contributed by atoms with E-state index in [-0.39, 0.29) is 5.56 Å². The Balaban J connectivity index is 1.56. The third-order valence-corrected chi connectivity index (χ3v) is 4.35. The zero-order valence-corrected chi connectivity index (χ0v) is 15.3. The molecule has 0 bridgehead atoms. The minimum atomic E-state index is -0.497. The van der Waals surface area contributed by atoms with Gasteiger partial charge in [0, 0.05) is 48.9 Å². The first-order valence-electron chi connectivity index (χ1n) is 8.55. The first-order chi connectivity index (χ1) is 13.5. The Labute approximate surface area is 160 Å². The van der Waals surface area contributed by atoms with Crippen LogP contribution in [0.15, 0.2) is 61.2 Å². The molecule has 0 aliphatic rings. The predicted octanol–water partition coefficient (Wildman–Crippen LogP) is 3.27. The van der Waals surface area contributed by atoms with Gasteiger partial charge in [-0.15, -0.1) is 10.2 Å². The van der Waals surface area contributed by atoms with Crippen LogP contribution in [0.25, 0.3) is 22.8 Å². The van der Waals surface area contributed by atoms with E-state index in [1.807, 2.05) is 26.2 Å². The van der Waals surface area contributed by atoms with Gasteiger partial charge in [-0.2, -0.15) is 0 Å². The number of nitrogens with zero attached hydrogens (tertiary/aromatic N) is 5. The lowest BCUT2D eigenvalue weighted by Crippen LogP contribution is -2.12.